The number of nitrogens with one attached hydrogen (secondary N) is 1. The Labute approximate surface area is 117 Å². The van der Waals surface area contributed by atoms with Gasteiger partial charge in [-0.1, -0.05) is 42.5 Å². The van der Waals surface area contributed by atoms with Crippen molar-refractivity contribution in [3.8, 4) is 0 Å². The number of benzene rings is 2. The minimum Gasteiger partial charge on any atom is -0.444 e. The van der Waals surface area contributed by atoms with Gasteiger partial charge in [0.2, 0.25) is 0 Å². The Hall–Kier alpha value is -2.00. The van der Waals surface area contributed by atoms with Gasteiger partial charge < -0.3 is 4.74 Å². The molecule has 0 unspecified atom stereocenters. The molecular formula is C15H14ClNO2. The van der Waals surface area contributed by atoms with Crippen molar-refractivity contribution in [3.63, 3.8) is 0 Å². The van der Waals surface area contributed by atoms with Crippen LogP contribution in [0.5, 0.6) is 0 Å². The van der Waals surface area contributed by atoms with E-state index in [4.69, 9.17) is 16.3 Å². The number of anilines is 1. The summed E-state index contributed by atoms with van der Waals surface area (Å²) in [5.41, 5.74) is 2.68. The highest BCUT2D eigenvalue weighted by molar-refractivity contribution is 6.17. The summed E-state index contributed by atoms with van der Waals surface area (Å²) in [7, 11) is 0. The van der Waals surface area contributed by atoms with Gasteiger partial charge in [0.25, 0.3) is 0 Å². The number of halogens is 1. The minimum atomic E-state index is -0.465. The zero-order valence-corrected chi connectivity index (χ0v) is 11.1. The van der Waals surface area contributed by atoms with E-state index in [9.17, 15) is 4.79 Å². The number of alkyl halides is 1. The van der Waals surface area contributed by atoms with E-state index in [2.05, 4.69) is 5.32 Å². The van der Waals surface area contributed by atoms with E-state index in [1.165, 1.54) is 0 Å². The second-order valence-electron chi connectivity index (χ2n) is 4.02. The molecule has 98 valence electrons. The Morgan fingerprint density at radius 1 is 1.00 bits per heavy atom. The SMILES string of the molecule is O=C(Nc1ccccc1)OCc1ccc(CCl)cc1. The summed E-state index contributed by atoms with van der Waals surface area (Å²) in [6, 6.07) is 16.8. The lowest BCUT2D eigenvalue weighted by atomic mass is 10.2. The molecule has 0 spiro atoms. The maximum absolute atomic E-state index is 11.6. The van der Waals surface area contributed by atoms with Gasteiger partial charge in [-0.2, -0.15) is 0 Å². The second kappa shape index (κ2) is 6.81. The number of hydrogen-bond acceptors (Lipinski definition) is 2. The van der Waals surface area contributed by atoms with E-state index in [-0.39, 0.29) is 6.61 Å². The largest absolute Gasteiger partial charge is 0.444 e. The lowest BCUT2D eigenvalue weighted by molar-refractivity contribution is 0.155. The number of rotatable bonds is 4. The highest BCUT2D eigenvalue weighted by Gasteiger charge is 2.03. The Morgan fingerprint density at radius 3 is 2.26 bits per heavy atom. The van der Waals surface area contributed by atoms with Gasteiger partial charge in [0.05, 0.1) is 0 Å². The maximum Gasteiger partial charge on any atom is 0.411 e. The zero-order chi connectivity index (χ0) is 13.5. The number of carbonyl (C=O) groups excluding carboxylic acids is 1. The molecule has 1 N–H and O–H groups in total. The molecule has 0 aromatic heterocycles. The molecule has 2 rings (SSSR count). The molecule has 0 fully saturated rings. The van der Waals surface area contributed by atoms with Crippen LogP contribution in [-0.4, -0.2) is 6.09 Å². The first kappa shape index (κ1) is 13.4. The Bertz CT molecular complexity index is 526. The van der Waals surface area contributed by atoms with E-state index in [0.29, 0.717) is 11.6 Å². The number of carbonyl (C=O) groups is 1. The topological polar surface area (TPSA) is 38.3 Å². The average Bonchev–Trinajstić information content (AvgIpc) is 2.47. The fourth-order valence-electron chi connectivity index (χ4n) is 1.55. The zero-order valence-electron chi connectivity index (χ0n) is 10.3. The van der Waals surface area contributed by atoms with Crippen molar-refractivity contribution in [2.75, 3.05) is 5.32 Å². The maximum atomic E-state index is 11.6. The third kappa shape index (κ3) is 4.30. The molecule has 0 saturated carbocycles. The Morgan fingerprint density at radius 2 is 1.63 bits per heavy atom. The fraction of sp³-hybridized carbons (Fsp3) is 0.133. The summed E-state index contributed by atoms with van der Waals surface area (Å²) in [5.74, 6) is 0.482. The summed E-state index contributed by atoms with van der Waals surface area (Å²) < 4.78 is 5.12. The minimum absolute atomic E-state index is 0.237. The van der Waals surface area contributed by atoms with Gasteiger partial charge in [-0.3, -0.25) is 5.32 Å². The van der Waals surface area contributed by atoms with Crippen LogP contribution in [0.15, 0.2) is 54.6 Å². The second-order valence-corrected chi connectivity index (χ2v) is 4.28. The first-order chi connectivity index (χ1) is 9.28. The van der Waals surface area contributed by atoms with E-state index in [1.807, 2.05) is 42.5 Å². The molecule has 0 saturated heterocycles. The number of para-hydroxylation sites is 1. The van der Waals surface area contributed by atoms with E-state index < -0.39 is 6.09 Å². The smallest absolute Gasteiger partial charge is 0.411 e. The standard InChI is InChI=1S/C15H14ClNO2/c16-10-12-6-8-13(9-7-12)11-19-15(18)17-14-4-2-1-3-5-14/h1-9H,10-11H2,(H,17,18). The summed E-state index contributed by atoms with van der Waals surface area (Å²) in [4.78, 5) is 11.6. The molecule has 2 aromatic carbocycles. The van der Waals surface area contributed by atoms with Gasteiger partial charge in [-0.15, -0.1) is 11.6 Å². The molecule has 4 heteroatoms. The van der Waals surface area contributed by atoms with Crippen molar-refractivity contribution in [2.45, 2.75) is 12.5 Å². The number of hydrogen-bond donors (Lipinski definition) is 1. The van der Waals surface area contributed by atoms with E-state index >= 15 is 0 Å². The lowest BCUT2D eigenvalue weighted by Crippen LogP contribution is -2.13. The van der Waals surface area contributed by atoms with Crippen LogP contribution in [0.4, 0.5) is 10.5 Å². The van der Waals surface area contributed by atoms with Gasteiger partial charge >= 0.3 is 6.09 Å². The molecule has 1 amide bonds. The van der Waals surface area contributed by atoms with Crippen LogP contribution in [0.2, 0.25) is 0 Å². The van der Waals surface area contributed by atoms with Crippen LogP contribution in [0, 0.1) is 0 Å². The molecule has 0 atom stereocenters. The molecule has 0 aliphatic heterocycles. The highest BCUT2D eigenvalue weighted by Crippen LogP contribution is 2.09. The average molecular weight is 276 g/mol. The lowest BCUT2D eigenvalue weighted by Gasteiger charge is -2.07. The number of amides is 1. The van der Waals surface area contributed by atoms with Gasteiger partial charge in [0.15, 0.2) is 0 Å². The monoisotopic (exact) mass is 275 g/mol. The summed E-state index contributed by atoms with van der Waals surface area (Å²) in [6.45, 7) is 0.237. The van der Waals surface area contributed by atoms with Crippen LogP contribution in [0.25, 0.3) is 0 Å². The van der Waals surface area contributed by atoms with Gasteiger partial charge in [0, 0.05) is 11.6 Å². The molecule has 3 nitrogen and oxygen atoms in total. The molecule has 0 aliphatic carbocycles. The van der Waals surface area contributed by atoms with Gasteiger partial charge in [0.1, 0.15) is 6.61 Å². The molecular weight excluding hydrogens is 262 g/mol. The van der Waals surface area contributed by atoms with Crippen molar-refractivity contribution in [1.82, 2.24) is 0 Å². The molecule has 0 aliphatic rings. The predicted octanol–water partition coefficient (Wildman–Crippen LogP) is 4.17. The van der Waals surface area contributed by atoms with Crippen LogP contribution in [-0.2, 0) is 17.2 Å². The van der Waals surface area contributed by atoms with Crippen LogP contribution >= 0.6 is 11.6 Å². The van der Waals surface area contributed by atoms with Crippen molar-refractivity contribution < 1.29 is 9.53 Å². The highest BCUT2D eigenvalue weighted by atomic mass is 35.5. The first-order valence-electron chi connectivity index (χ1n) is 5.90. The van der Waals surface area contributed by atoms with Gasteiger partial charge in [-0.05, 0) is 23.3 Å². The van der Waals surface area contributed by atoms with E-state index in [1.54, 1.807) is 12.1 Å². The van der Waals surface area contributed by atoms with Gasteiger partial charge in [-0.25, -0.2) is 4.79 Å². The van der Waals surface area contributed by atoms with Crippen molar-refractivity contribution in [3.05, 3.63) is 65.7 Å². The summed E-state index contributed by atoms with van der Waals surface area (Å²) >= 11 is 5.70. The normalized spacial score (nSPS) is 9.95. The third-order valence-electron chi connectivity index (χ3n) is 2.57. The summed E-state index contributed by atoms with van der Waals surface area (Å²) in [5, 5.41) is 2.65. The molecule has 19 heavy (non-hydrogen) atoms. The van der Waals surface area contributed by atoms with Crippen LogP contribution in [0.3, 0.4) is 0 Å². The van der Waals surface area contributed by atoms with Crippen LogP contribution in [0.1, 0.15) is 11.1 Å². The molecule has 0 heterocycles. The molecule has 0 bridgehead atoms. The van der Waals surface area contributed by atoms with Crippen molar-refractivity contribution >= 4 is 23.4 Å². The summed E-state index contributed by atoms with van der Waals surface area (Å²) in [6.07, 6.45) is -0.465. The molecule has 2 aromatic rings. The molecule has 0 radical (unpaired) electrons. The van der Waals surface area contributed by atoms with Crippen molar-refractivity contribution in [1.29, 1.82) is 0 Å². The van der Waals surface area contributed by atoms with E-state index in [0.717, 1.165) is 11.1 Å². The van der Waals surface area contributed by atoms with Crippen LogP contribution < -0.4 is 5.32 Å². The Kier molecular flexibility index (Phi) is 4.81. The quantitative estimate of drug-likeness (QED) is 0.850. The van der Waals surface area contributed by atoms with Crippen molar-refractivity contribution in [2.24, 2.45) is 0 Å². The number of ether oxygens (including phenoxy) is 1. The fourth-order valence-corrected chi connectivity index (χ4v) is 1.73. The first-order valence-corrected chi connectivity index (χ1v) is 6.44. The third-order valence-corrected chi connectivity index (χ3v) is 2.88. The Balaban J connectivity index is 1.83. The predicted molar refractivity (Wildman–Crippen MR) is 76.2 cm³/mol.